The molecule has 2 saturated heterocycles. The number of carbonyl (C=O) groups excluding carboxylic acids is 1. The number of nitrogens with two attached hydrogens (primary N) is 1. The van der Waals surface area contributed by atoms with Gasteiger partial charge in [-0.2, -0.15) is 0 Å². The normalized spacial score (nSPS) is 47.8. The maximum absolute atomic E-state index is 15.6. The maximum atomic E-state index is 15.6. The third-order valence-corrected chi connectivity index (χ3v) is 26.4. The zero-order valence-electron chi connectivity index (χ0n) is 47.9. The van der Waals surface area contributed by atoms with Crippen LogP contribution in [0.5, 0.6) is 0 Å². The van der Waals surface area contributed by atoms with Crippen molar-refractivity contribution in [3.8, 4) is 0 Å². The second-order valence-corrected chi connectivity index (χ2v) is 29.2. The number of fused-ring (bicyclic) bond motifs is 2. The highest BCUT2D eigenvalue weighted by Crippen LogP contribution is 2.90. The second kappa shape index (κ2) is 20.0. The lowest BCUT2D eigenvalue weighted by Gasteiger charge is -2.85. The molecule has 2 aromatic rings. The lowest BCUT2D eigenvalue weighted by molar-refractivity contribution is -0.374. The van der Waals surface area contributed by atoms with E-state index < -0.39 is 110 Å². The van der Waals surface area contributed by atoms with Gasteiger partial charge in [0.2, 0.25) is 5.91 Å². The molecule has 18 heteroatoms. The molecule has 13 rings (SSSR count). The summed E-state index contributed by atoms with van der Waals surface area (Å²) in [5.74, 6) is -3.17. The van der Waals surface area contributed by atoms with Gasteiger partial charge in [-0.25, -0.2) is 9.97 Å². The number of aromatic amines is 2. The van der Waals surface area contributed by atoms with Crippen LogP contribution in [-0.2, 0) is 25.5 Å². The Morgan fingerprint density at radius 1 is 0.864 bits per heavy atom. The van der Waals surface area contributed by atoms with E-state index >= 15 is 4.79 Å². The van der Waals surface area contributed by atoms with Gasteiger partial charge in [0.05, 0.1) is 48.9 Å². The molecule has 3 spiro atoms. The average Bonchev–Trinajstić information content (AvgIpc) is 3.24. The van der Waals surface area contributed by atoms with Crippen LogP contribution in [0, 0.1) is 84.7 Å². The van der Waals surface area contributed by atoms with Crippen LogP contribution in [0.3, 0.4) is 0 Å². The second-order valence-electron chi connectivity index (χ2n) is 29.2. The van der Waals surface area contributed by atoms with E-state index in [4.69, 9.17) is 15.2 Å². The average molecular weight is 1130 g/mol. The molecule has 0 unspecified atom stereocenters. The summed E-state index contributed by atoms with van der Waals surface area (Å²) in [5, 5.41) is 98.2. The lowest BCUT2D eigenvalue weighted by Crippen LogP contribution is -2.82. The van der Waals surface area contributed by atoms with Crippen molar-refractivity contribution in [1.82, 2.24) is 25.3 Å². The number of nitrogens with one attached hydrogen (secondary N) is 3. The van der Waals surface area contributed by atoms with E-state index in [2.05, 4.69) is 58.2 Å². The number of hydrogen-bond donors (Lipinski definition) is 12. The molecule has 446 valence electrons. The fraction of sp³-hybridized carbons (Fsp3) is 0.810. The van der Waals surface area contributed by atoms with Crippen LogP contribution in [0.1, 0.15) is 166 Å². The fourth-order valence-electron chi connectivity index (χ4n) is 23.3. The SMILES string of the molecule is C[C@]1(CO)CC[C@]2(C(=O)O)C[C@H](Cc3cnc[nH]3)[C@@]34CCC5=C[C@H]([C@@H]6[C@@H]([C@H](CC[C@@H](N)O)c7cnc[nH]7)NC(=O)C67CCCC7)[C@H]6[C@@H](O)[C@@H](O[C@@H]7OC[C@@H](O)[C@H](O)[C@H]7O)[C@@](C)(CO)[C@H]7CC[C@]3(C)[C@]5(CC=C4[C@@H]2C1)[C@@]67C1CCCCC1. The number of allylic oxidation sites excluding steroid dienone is 4. The van der Waals surface area contributed by atoms with Gasteiger partial charge < -0.3 is 71.3 Å². The predicted octanol–water partition coefficient (Wildman–Crippen LogP) is 5.53. The molecule has 9 aliphatic carbocycles. The molecule has 9 fully saturated rings. The van der Waals surface area contributed by atoms with Crippen LogP contribution in [0.15, 0.2) is 48.3 Å². The summed E-state index contributed by atoms with van der Waals surface area (Å²) in [4.78, 5) is 45.9. The number of carbonyl (C=O) groups is 2. The van der Waals surface area contributed by atoms with Gasteiger partial charge in [0.15, 0.2) is 6.29 Å². The summed E-state index contributed by atoms with van der Waals surface area (Å²) >= 11 is 0. The van der Waals surface area contributed by atoms with Crippen LogP contribution in [0.2, 0.25) is 0 Å². The number of hydrogen-bond acceptors (Lipinski definition) is 14. The first-order valence-electron chi connectivity index (χ1n) is 31.3. The molecule has 81 heavy (non-hydrogen) atoms. The first-order valence-corrected chi connectivity index (χ1v) is 31.3. The van der Waals surface area contributed by atoms with Crippen molar-refractivity contribution < 1.29 is 59.9 Å². The molecule has 1 amide bonds. The molecule has 2 aliphatic heterocycles. The third-order valence-electron chi connectivity index (χ3n) is 26.4. The first-order chi connectivity index (χ1) is 38.8. The summed E-state index contributed by atoms with van der Waals surface area (Å²) in [7, 11) is 0. The Balaban J connectivity index is 1.10. The van der Waals surface area contributed by atoms with Crippen molar-refractivity contribution in [3.63, 3.8) is 0 Å². The number of imidazole rings is 2. The largest absolute Gasteiger partial charge is 0.481 e. The number of aliphatic hydroxyl groups is 7. The maximum Gasteiger partial charge on any atom is 0.310 e. The van der Waals surface area contributed by atoms with Crippen molar-refractivity contribution in [1.29, 1.82) is 0 Å². The number of carboxylic acids is 1. The summed E-state index contributed by atoms with van der Waals surface area (Å²) in [6.07, 6.45) is 17.5. The minimum atomic E-state index is -1.66. The topological polar surface area (TPSA) is 310 Å². The molecular weight excluding hydrogens is 1030 g/mol. The lowest BCUT2D eigenvalue weighted by atomic mass is 9.19. The van der Waals surface area contributed by atoms with Crippen LogP contribution < -0.4 is 11.1 Å². The minimum absolute atomic E-state index is 0.00813. The monoisotopic (exact) mass is 1120 g/mol. The quantitative estimate of drug-likeness (QED) is 0.0629. The standard InChI is InChI=1S/C63H92N6O12/c1-56(30-70)21-22-60(55(78)79)25-36(23-37-27-65-32-67-37)61-19-13-35-24-39(46-48(69-54(77)59(46)16-7-8-17-59)38(11-12-45(64)73)42-28-66-33-68-42)47-50(75)52(81-53-51(76)49(74)43(72)29-80-53)57(2,31-71)44-15-18-58(61,3)62(35,20-14-40(61)41(60)26-56)63(44,47)34-9-5-4-6-10-34/h14,24,27-28,32-34,36,38-39,41,43-53,70-76H,4-13,15-23,25-26,29-31,64H2,1-3H3,(H,65,67)(H,66,68)(H,69,77)(H,78,79)/t36-,38+,39+,41-,43+,44+,45-,46+,47-,48+,49-,50+,51+,52+,53-,56-,57-,58-,60-,61+,62+,63+/m0/s1. The zero-order valence-corrected chi connectivity index (χ0v) is 47.9. The number of rotatable bonds is 14. The minimum Gasteiger partial charge on any atom is -0.481 e. The zero-order chi connectivity index (χ0) is 56.9. The molecule has 2 aromatic heterocycles. The Morgan fingerprint density at radius 3 is 2.30 bits per heavy atom. The first kappa shape index (κ1) is 56.6. The Bertz CT molecular complexity index is 2750. The van der Waals surface area contributed by atoms with E-state index in [0.717, 1.165) is 75.6 Å². The van der Waals surface area contributed by atoms with Crippen LogP contribution in [0.4, 0.5) is 0 Å². The van der Waals surface area contributed by atoms with Gasteiger partial charge in [0.25, 0.3) is 0 Å². The molecule has 22 atom stereocenters. The fourth-order valence-corrected chi connectivity index (χ4v) is 23.3. The number of aromatic nitrogens is 4. The Morgan fingerprint density at radius 2 is 1.62 bits per heavy atom. The van der Waals surface area contributed by atoms with Crippen molar-refractivity contribution in [3.05, 3.63) is 59.7 Å². The van der Waals surface area contributed by atoms with Crippen LogP contribution >= 0.6 is 0 Å². The van der Waals surface area contributed by atoms with Crippen molar-refractivity contribution in [2.45, 2.75) is 211 Å². The molecule has 11 aliphatic rings. The van der Waals surface area contributed by atoms with Crippen LogP contribution in [0.25, 0.3) is 0 Å². The van der Waals surface area contributed by atoms with E-state index in [1.807, 2.05) is 12.4 Å². The number of aliphatic carboxylic acids is 1. The Hall–Kier alpha value is -3.56. The Kier molecular flexibility index (Phi) is 14.0. The number of carboxylic acid groups (broad SMARTS) is 1. The number of H-pyrrole nitrogens is 2. The molecule has 18 nitrogen and oxygen atoms in total. The number of nitrogens with zero attached hydrogens (tertiary/aromatic N) is 2. The van der Waals surface area contributed by atoms with Gasteiger partial charge in [-0.1, -0.05) is 76.2 Å². The molecule has 13 N–H and O–H groups in total. The van der Waals surface area contributed by atoms with E-state index in [1.54, 1.807) is 12.7 Å². The van der Waals surface area contributed by atoms with Gasteiger partial charge in [-0.15, -0.1) is 0 Å². The molecule has 0 radical (unpaired) electrons. The van der Waals surface area contributed by atoms with Gasteiger partial charge in [-0.3, -0.25) is 9.59 Å². The highest BCUT2D eigenvalue weighted by atomic mass is 16.7. The van der Waals surface area contributed by atoms with Gasteiger partial charge in [-0.05, 0) is 149 Å². The van der Waals surface area contributed by atoms with E-state index in [-0.39, 0.29) is 67.7 Å². The predicted molar refractivity (Wildman–Crippen MR) is 296 cm³/mol. The van der Waals surface area contributed by atoms with Crippen molar-refractivity contribution in [2.75, 3.05) is 19.8 Å². The van der Waals surface area contributed by atoms with E-state index in [9.17, 15) is 45.6 Å². The van der Waals surface area contributed by atoms with Crippen molar-refractivity contribution >= 4 is 11.9 Å². The van der Waals surface area contributed by atoms with Crippen LogP contribution in [-0.4, -0.2) is 142 Å². The van der Waals surface area contributed by atoms with Gasteiger partial charge in [0.1, 0.15) is 24.5 Å². The highest BCUT2D eigenvalue weighted by Gasteiger charge is 2.86. The van der Waals surface area contributed by atoms with E-state index in [0.29, 0.717) is 64.2 Å². The molecule has 2 bridgehead atoms. The van der Waals surface area contributed by atoms with Gasteiger partial charge >= 0.3 is 5.97 Å². The summed E-state index contributed by atoms with van der Waals surface area (Å²) in [5.41, 5.74) is 4.61. The summed E-state index contributed by atoms with van der Waals surface area (Å²) in [6.45, 7) is 6.07. The number of amides is 1. The summed E-state index contributed by atoms with van der Waals surface area (Å²) < 4.78 is 13.2. The number of aliphatic hydroxyl groups excluding tert-OH is 7. The van der Waals surface area contributed by atoms with E-state index in [1.165, 1.54) is 11.1 Å². The Labute approximate surface area is 475 Å². The molecule has 0 aromatic carbocycles. The van der Waals surface area contributed by atoms with Crippen molar-refractivity contribution in [2.24, 2.45) is 90.5 Å². The smallest absolute Gasteiger partial charge is 0.310 e. The highest BCUT2D eigenvalue weighted by molar-refractivity contribution is 5.86. The molecule has 4 heterocycles. The molecular formula is C63H92N6O12. The number of ether oxygens (including phenoxy) is 2. The molecule has 7 saturated carbocycles. The third kappa shape index (κ3) is 7.51. The van der Waals surface area contributed by atoms with Gasteiger partial charge in [0, 0.05) is 70.4 Å². The summed E-state index contributed by atoms with van der Waals surface area (Å²) in [6, 6.07) is -0.471.